The molecule has 1 aliphatic heterocycles. The number of likely N-dealkylation sites (tertiary alicyclic amines) is 1. The molecular formula is C18H30ClIN4. The number of aliphatic imine (C=N–C) groups is 1. The zero-order valence-electron chi connectivity index (χ0n) is 14.7. The van der Waals surface area contributed by atoms with Gasteiger partial charge in [0.05, 0.1) is 0 Å². The van der Waals surface area contributed by atoms with Crippen molar-refractivity contribution in [2.75, 3.05) is 39.8 Å². The fraction of sp³-hybridized carbons (Fsp3) is 0.611. The summed E-state index contributed by atoms with van der Waals surface area (Å²) in [6.07, 6.45) is 3.58. The van der Waals surface area contributed by atoms with Crippen molar-refractivity contribution in [3.8, 4) is 0 Å². The Morgan fingerprint density at radius 2 is 2.04 bits per heavy atom. The molecule has 1 atom stereocenters. The summed E-state index contributed by atoms with van der Waals surface area (Å²) in [4.78, 5) is 6.85. The molecule has 1 aliphatic rings. The number of hydrogen-bond acceptors (Lipinski definition) is 2. The third-order valence-corrected chi connectivity index (χ3v) is 4.70. The van der Waals surface area contributed by atoms with Gasteiger partial charge in [-0.2, -0.15) is 0 Å². The van der Waals surface area contributed by atoms with Crippen LogP contribution in [0.15, 0.2) is 29.3 Å². The van der Waals surface area contributed by atoms with Gasteiger partial charge in [-0.1, -0.05) is 30.7 Å². The molecule has 0 radical (unpaired) electrons. The van der Waals surface area contributed by atoms with E-state index in [0.29, 0.717) is 0 Å². The van der Waals surface area contributed by atoms with Gasteiger partial charge in [0.15, 0.2) is 5.96 Å². The molecule has 6 heteroatoms. The Morgan fingerprint density at radius 3 is 2.71 bits per heavy atom. The van der Waals surface area contributed by atoms with Crippen molar-refractivity contribution in [1.82, 2.24) is 15.5 Å². The van der Waals surface area contributed by atoms with E-state index < -0.39 is 0 Å². The van der Waals surface area contributed by atoms with E-state index >= 15 is 0 Å². The SMILES string of the molecule is CCN1CCCC(CNC(=NC)NCCc2ccc(Cl)cc2)C1.I. The summed E-state index contributed by atoms with van der Waals surface area (Å²) in [5.41, 5.74) is 1.28. The van der Waals surface area contributed by atoms with Crippen LogP contribution in [0.5, 0.6) is 0 Å². The van der Waals surface area contributed by atoms with Crippen LogP contribution in [0.1, 0.15) is 25.3 Å². The van der Waals surface area contributed by atoms with E-state index in [9.17, 15) is 0 Å². The predicted molar refractivity (Wildman–Crippen MR) is 115 cm³/mol. The molecule has 1 unspecified atom stereocenters. The first kappa shape index (κ1) is 21.5. The lowest BCUT2D eigenvalue weighted by atomic mass is 9.98. The molecule has 0 bridgehead atoms. The zero-order chi connectivity index (χ0) is 16.5. The van der Waals surface area contributed by atoms with Gasteiger partial charge in [-0.15, -0.1) is 24.0 Å². The summed E-state index contributed by atoms with van der Waals surface area (Å²) >= 11 is 5.91. The van der Waals surface area contributed by atoms with Gasteiger partial charge < -0.3 is 15.5 Å². The molecule has 1 heterocycles. The minimum absolute atomic E-state index is 0. The van der Waals surface area contributed by atoms with Crippen molar-refractivity contribution in [1.29, 1.82) is 0 Å². The standard InChI is InChI=1S/C18H29ClN4.HI/c1-3-23-12-4-5-16(14-23)13-22-18(20-2)21-11-10-15-6-8-17(19)9-7-15;/h6-9,16H,3-5,10-14H2,1-2H3,(H2,20,21,22);1H. The lowest BCUT2D eigenvalue weighted by Crippen LogP contribution is -2.44. The van der Waals surface area contributed by atoms with Crippen LogP contribution < -0.4 is 10.6 Å². The number of nitrogens with zero attached hydrogens (tertiary/aromatic N) is 2. The number of halogens is 2. The largest absolute Gasteiger partial charge is 0.356 e. The Hall–Kier alpha value is -0.530. The van der Waals surface area contributed by atoms with Gasteiger partial charge in [0.2, 0.25) is 0 Å². The van der Waals surface area contributed by atoms with Gasteiger partial charge in [0.1, 0.15) is 0 Å². The summed E-state index contributed by atoms with van der Waals surface area (Å²) < 4.78 is 0. The maximum Gasteiger partial charge on any atom is 0.190 e. The lowest BCUT2D eigenvalue weighted by Gasteiger charge is -2.32. The Morgan fingerprint density at radius 1 is 1.29 bits per heavy atom. The molecule has 0 spiro atoms. The Kier molecular flexibility index (Phi) is 10.7. The number of benzene rings is 1. The van der Waals surface area contributed by atoms with Crippen LogP contribution in [-0.2, 0) is 6.42 Å². The van der Waals surface area contributed by atoms with E-state index in [-0.39, 0.29) is 24.0 Å². The molecule has 1 saturated heterocycles. The van der Waals surface area contributed by atoms with Crippen molar-refractivity contribution < 1.29 is 0 Å². The number of nitrogens with one attached hydrogen (secondary N) is 2. The highest BCUT2D eigenvalue weighted by Crippen LogP contribution is 2.15. The van der Waals surface area contributed by atoms with Crippen molar-refractivity contribution in [3.05, 3.63) is 34.9 Å². The van der Waals surface area contributed by atoms with Gasteiger partial charge in [-0.25, -0.2) is 0 Å². The number of rotatable bonds is 6. The second-order valence-corrected chi connectivity index (χ2v) is 6.59. The first-order valence-corrected chi connectivity index (χ1v) is 9.00. The molecule has 24 heavy (non-hydrogen) atoms. The van der Waals surface area contributed by atoms with E-state index in [4.69, 9.17) is 11.6 Å². The average Bonchev–Trinajstić information content (AvgIpc) is 2.59. The molecule has 1 fully saturated rings. The molecule has 0 saturated carbocycles. The number of guanidine groups is 1. The van der Waals surface area contributed by atoms with E-state index in [1.165, 1.54) is 31.5 Å². The summed E-state index contributed by atoms with van der Waals surface area (Å²) in [5.74, 6) is 1.62. The van der Waals surface area contributed by atoms with E-state index in [0.717, 1.165) is 43.0 Å². The molecule has 0 aliphatic carbocycles. The lowest BCUT2D eigenvalue weighted by molar-refractivity contribution is 0.183. The Bertz CT molecular complexity index is 492. The van der Waals surface area contributed by atoms with Gasteiger partial charge >= 0.3 is 0 Å². The van der Waals surface area contributed by atoms with Crippen LogP contribution in [0.4, 0.5) is 0 Å². The molecule has 136 valence electrons. The fourth-order valence-corrected chi connectivity index (χ4v) is 3.17. The first-order valence-electron chi connectivity index (χ1n) is 8.62. The molecule has 2 rings (SSSR count). The molecule has 1 aromatic carbocycles. The summed E-state index contributed by atoms with van der Waals surface area (Å²) in [5, 5.41) is 7.64. The topological polar surface area (TPSA) is 39.7 Å². The summed E-state index contributed by atoms with van der Waals surface area (Å²) in [6, 6.07) is 8.02. The van der Waals surface area contributed by atoms with Crippen LogP contribution in [0, 0.1) is 5.92 Å². The predicted octanol–water partition coefficient (Wildman–Crippen LogP) is 3.40. The maximum absolute atomic E-state index is 5.91. The van der Waals surface area contributed by atoms with E-state index in [1.807, 2.05) is 19.2 Å². The van der Waals surface area contributed by atoms with Gasteiger partial charge in [-0.3, -0.25) is 4.99 Å². The monoisotopic (exact) mass is 464 g/mol. The zero-order valence-corrected chi connectivity index (χ0v) is 17.8. The minimum Gasteiger partial charge on any atom is -0.356 e. The molecule has 0 amide bonds. The fourth-order valence-electron chi connectivity index (χ4n) is 3.04. The first-order chi connectivity index (χ1) is 11.2. The Labute approximate surface area is 168 Å². The van der Waals surface area contributed by atoms with Crippen molar-refractivity contribution >= 4 is 41.5 Å². The van der Waals surface area contributed by atoms with Gasteiger partial charge in [0.25, 0.3) is 0 Å². The number of piperidine rings is 1. The highest BCUT2D eigenvalue weighted by molar-refractivity contribution is 14.0. The summed E-state index contributed by atoms with van der Waals surface area (Å²) in [6.45, 7) is 7.72. The van der Waals surface area contributed by atoms with Crippen molar-refractivity contribution in [2.24, 2.45) is 10.9 Å². The van der Waals surface area contributed by atoms with Crippen molar-refractivity contribution in [3.63, 3.8) is 0 Å². The van der Waals surface area contributed by atoms with Crippen LogP contribution >= 0.6 is 35.6 Å². The van der Waals surface area contributed by atoms with Gasteiger partial charge in [-0.05, 0) is 56.0 Å². The second kappa shape index (κ2) is 11.9. The molecule has 2 N–H and O–H groups in total. The van der Waals surface area contributed by atoms with E-state index in [1.54, 1.807) is 0 Å². The second-order valence-electron chi connectivity index (χ2n) is 6.16. The third kappa shape index (κ3) is 7.57. The average molecular weight is 465 g/mol. The van der Waals surface area contributed by atoms with Crippen LogP contribution in [0.25, 0.3) is 0 Å². The molecule has 0 aromatic heterocycles. The highest BCUT2D eigenvalue weighted by Gasteiger charge is 2.18. The third-order valence-electron chi connectivity index (χ3n) is 4.45. The minimum atomic E-state index is 0. The molecule has 4 nitrogen and oxygen atoms in total. The summed E-state index contributed by atoms with van der Waals surface area (Å²) in [7, 11) is 1.83. The van der Waals surface area contributed by atoms with Crippen LogP contribution in [0.2, 0.25) is 5.02 Å². The van der Waals surface area contributed by atoms with Gasteiger partial charge in [0, 0.05) is 31.7 Å². The Balaban J connectivity index is 0.00000288. The van der Waals surface area contributed by atoms with Crippen LogP contribution in [-0.4, -0.2) is 50.6 Å². The normalized spacial score (nSPS) is 18.8. The highest BCUT2D eigenvalue weighted by atomic mass is 127. The smallest absolute Gasteiger partial charge is 0.190 e. The quantitative estimate of drug-likeness (QED) is 0.385. The molecule has 1 aromatic rings. The molecular weight excluding hydrogens is 435 g/mol. The maximum atomic E-state index is 5.91. The van der Waals surface area contributed by atoms with Crippen LogP contribution in [0.3, 0.4) is 0 Å². The number of hydrogen-bond donors (Lipinski definition) is 2. The van der Waals surface area contributed by atoms with E-state index in [2.05, 4.69) is 39.6 Å². The van der Waals surface area contributed by atoms with Crippen molar-refractivity contribution in [2.45, 2.75) is 26.2 Å².